The number of ketones is 1. The summed E-state index contributed by atoms with van der Waals surface area (Å²) in [5.74, 6) is 0.524. The van der Waals surface area contributed by atoms with Crippen LogP contribution in [-0.4, -0.2) is 41.2 Å². The second-order valence-corrected chi connectivity index (χ2v) is 8.48. The maximum atomic E-state index is 12.3. The van der Waals surface area contributed by atoms with Crippen LogP contribution in [0.25, 0.3) is 0 Å². The topological polar surface area (TPSA) is 86.6 Å². The number of amides is 1. The molecule has 2 rings (SSSR count). The first-order valence-corrected chi connectivity index (χ1v) is 11.7. The first-order valence-electron chi connectivity index (χ1n) is 11.7. The van der Waals surface area contributed by atoms with Crippen molar-refractivity contribution >= 4 is 11.7 Å². The molecule has 0 unspecified atom stereocenters. The van der Waals surface area contributed by atoms with E-state index in [1.165, 1.54) is 5.56 Å². The summed E-state index contributed by atoms with van der Waals surface area (Å²) in [6, 6.07) is 9.91. The molecule has 0 saturated carbocycles. The molecule has 0 bridgehead atoms. The number of rotatable bonds is 14. The highest BCUT2D eigenvalue weighted by Crippen LogP contribution is 2.27. The van der Waals surface area contributed by atoms with Gasteiger partial charge in [-0.1, -0.05) is 61.6 Å². The van der Waals surface area contributed by atoms with Gasteiger partial charge in [-0.05, 0) is 55.6 Å². The Morgan fingerprint density at radius 2 is 1.88 bits per heavy atom. The Hall–Kier alpha value is -2.50. The van der Waals surface area contributed by atoms with Gasteiger partial charge in [0.05, 0.1) is 19.3 Å². The Bertz CT molecular complexity index is 806. The van der Waals surface area contributed by atoms with Crippen molar-refractivity contribution in [2.75, 3.05) is 13.2 Å². The first kappa shape index (κ1) is 25.8. The fourth-order valence-electron chi connectivity index (χ4n) is 3.72. The molecular formula is C27H37NO4. The van der Waals surface area contributed by atoms with E-state index in [2.05, 4.69) is 48.7 Å². The van der Waals surface area contributed by atoms with Crippen molar-refractivity contribution in [1.29, 1.82) is 0 Å². The lowest BCUT2D eigenvalue weighted by Crippen LogP contribution is -2.39. The summed E-state index contributed by atoms with van der Waals surface area (Å²) in [5, 5.41) is 20.5. The van der Waals surface area contributed by atoms with Crippen LogP contribution in [0.4, 0.5) is 0 Å². The highest BCUT2D eigenvalue weighted by molar-refractivity contribution is 5.99. The first-order chi connectivity index (χ1) is 15.5. The predicted octanol–water partition coefficient (Wildman–Crippen LogP) is 4.06. The maximum absolute atomic E-state index is 12.3. The quantitative estimate of drug-likeness (QED) is 0.301. The summed E-state index contributed by atoms with van der Waals surface area (Å²) < 4.78 is 0. The minimum atomic E-state index is -0.592. The third kappa shape index (κ3) is 9.33. The molecule has 1 aromatic carbocycles. The fraction of sp³-hybridized carbons (Fsp3) is 0.481. The molecule has 3 N–H and O–H groups in total. The normalized spacial score (nSPS) is 15.4. The number of carbonyl (C=O) groups is 2. The summed E-state index contributed by atoms with van der Waals surface area (Å²) in [4.78, 5) is 24.0. The highest BCUT2D eigenvalue weighted by Gasteiger charge is 2.20. The molecular weight excluding hydrogens is 402 g/mol. The Balaban J connectivity index is 1.75. The molecule has 1 aliphatic rings. The molecule has 0 radical (unpaired) electrons. The van der Waals surface area contributed by atoms with Crippen LogP contribution in [0.3, 0.4) is 0 Å². The molecule has 5 nitrogen and oxygen atoms in total. The molecule has 0 aromatic heterocycles. The maximum Gasteiger partial charge on any atom is 0.220 e. The van der Waals surface area contributed by atoms with Crippen molar-refractivity contribution in [2.45, 2.75) is 64.3 Å². The van der Waals surface area contributed by atoms with E-state index in [0.29, 0.717) is 31.6 Å². The third-order valence-electron chi connectivity index (χ3n) is 5.77. The number of carbonyl (C=O) groups excluding carboxylic acids is 2. The van der Waals surface area contributed by atoms with E-state index in [4.69, 9.17) is 10.2 Å². The van der Waals surface area contributed by atoms with Gasteiger partial charge in [0.25, 0.3) is 0 Å². The number of hydrogen-bond acceptors (Lipinski definition) is 4. The molecule has 0 fully saturated rings. The van der Waals surface area contributed by atoms with E-state index in [0.717, 1.165) is 36.8 Å². The molecule has 0 aliphatic heterocycles. The Kier molecular flexibility index (Phi) is 11.7. The van der Waals surface area contributed by atoms with Crippen molar-refractivity contribution in [2.24, 2.45) is 5.92 Å². The summed E-state index contributed by atoms with van der Waals surface area (Å²) >= 11 is 0. The largest absolute Gasteiger partial charge is 0.394 e. The zero-order valence-electron chi connectivity index (χ0n) is 19.1. The van der Waals surface area contributed by atoms with Crippen LogP contribution in [0.15, 0.2) is 65.8 Å². The highest BCUT2D eigenvalue weighted by atomic mass is 16.3. The average molecular weight is 440 g/mol. The van der Waals surface area contributed by atoms with Crippen molar-refractivity contribution in [3.8, 4) is 0 Å². The molecule has 5 heteroatoms. The van der Waals surface area contributed by atoms with Gasteiger partial charge < -0.3 is 15.5 Å². The summed E-state index contributed by atoms with van der Waals surface area (Å²) in [5.41, 5.74) is 3.43. The monoisotopic (exact) mass is 439 g/mol. The lowest BCUT2D eigenvalue weighted by atomic mass is 9.99. The van der Waals surface area contributed by atoms with E-state index in [-0.39, 0.29) is 24.9 Å². The van der Waals surface area contributed by atoms with Gasteiger partial charge in [0.1, 0.15) is 0 Å². The second kappa shape index (κ2) is 14.5. The zero-order valence-corrected chi connectivity index (χ0v) is 19.1. The minimum absolute atomic E-state index is 0.172. The number of benzene rings is 1. The van der Waals surface area contributed by atoms with Gasteiger partial charge in [-0.15, -0.1) is 0 Å². The van der Waals surface area contributed by atoms with Crippen molar-refractivity contribution in [3.05, 3.63) is 71.3 Å². The van der Waals surface area contributed by atoms with Gasteiger partial charge in [0.2, 0.25) is 5.91 Å². The lowest BCUT2D eigenvalue weighted by Gasteiger charge is -2.12. The number of allylic oxidation sites excluding steroid dienone is 6. The molecule has 1 aromatic rings. The van der Waals surface area contributed by atoms with Crippen molar-refractivity contribution in [3.63, 3.8) is 0 Å². The summed E-state index contributed by atoms with van der Waals surface area (Å²) in [6.07, 6.45) is 14.4. The van der Waals surface area contributed by atoms with Crippen molar-refractivity contribution < 1.29 is 19.8 Å². The number of Topliss-reactive ketones (excluding diaryl/α,β-unsaturated/α-hetero) is 1. The number of hydrogen-bond donors (Lipinski definition) is 3. The van der Waals surface area contributed by atoms with Crippen LogP contribution in [0.2, 0.25) is 0 Å². The Morgan fingerprint density at radius 3 is 2.59 bits per heavy atom. The zero-order chi connectivity index (χ0) is 23.2. The van der Waals surface area contributed by atoms with Gasteiger partial charge in [-0.2, -0.15) is 0 Å². The van der Waals surface area contributed by atoms with Gasteiger partial charge in [0, 0.05) is 18.4 Å². The van der Waals surface area contributed by atoms with Crippen LogP contribution in [0, 0.1) is 5.92 Å². The van der Waals surface area contributed by atoms with Gasteiger partial charge in [-0.25, -0.2) is 0 Å². The molecule has 32 heavy (non-hydrogen) atoms. The fourth-order valence-corrected chi connectivity index (χ4v) is 3.72. The SMILES string of the molecule is C[C@H](/C=C/C1=C(C/C=C\CCCC(=O)NC(CO)CO)C(=O)CC1)CCc1ccccc1. The van der Waals surface area contributed by atoms with E-state index in [1.54, 1.807) is 0 Å². The number of aliphatic hydroxyl groups excluding tert-OH is 2. The van der Waals surface area contributed by atoms with Gasteiger partial charge >= 0.3 is 0 Å². The van der Waals surface area contributed by atoms with Crippen LogP contribution >= 0.6 is 0 Å². The van der Waals surface area contributed by atoms with Crippen LogP contribution in [0.1, 0.15) is 57.4 Å². The summed E-state index contributed by atoms with van der Waals surface area (Å²) in [6.45, 7) is 1.68. The van der Waals surface area contributed by atoms with Gasteiger partial charge in [0.15, 0.2) is 5.78 Å². The number of unbranched alkanes of at least 4 members (excludes halogenated alkanes) is 1. The Morgan fingerprint density at radius 1 is 1.12 bits per heavy atom. The smallest absolute Gasteiger partial charge is 0.220 e. The molecule has 1 amide bonds. The van der Waals surface area contributed by atoms with Crippen molar-refractivity contribution in [1.82, 2.24) is 5.32 Å². The minimum Gasteiger partial charge on any atom is -0.394 e. The number of aryl methyl sites for hydroxylation is 1. The number of nitrogens with one attached hydrogen (secondary N) is 1. The molecule has 1 atom stereocenters. The van der Waals surface area contributed by atoms with E-state index >= 15 is 0 Å². The lowest BCUT2D eigenvalue weighted by molar-refractivity contribution is -0.122. The molecule has 0 spiro atoms. The van der Waals surface area contributed by atoms with E-state index in [1.807, 2.05) is 18.2 Å². The molecule has 0 heterocycles. The second-order valence-electron chi connectivity index (χ2n) is 8.48. The van der Waals surface area contributed by atoms with E-state index in [9.17, 15) is 9.59 Å². The van der Waals surface area contributed by atoms with E-state index < -0.39 is 6.04 Å². The van der Waals surface area contributed by atoms with Crippen LogP contribution in [-0.2, 0) is 16.0 Å². The van der Waals surface area contributed by atoms with Crippen LogP contribution < -0.4 is 5.32 Å². The Labute approximate surface area is 191 Å². The number of aliphatic hydroxyl groups is 2. The molecule has 0 saturated heterocycles. The molecule has 1 aliphatic carbocycles. The molecule has 174 valence electrons. The standard InChI is InChI=1S/C27H37NO4/c1-21(13-15-22-9-5-4-6-10-22)14-16-23-17-18-26(31)25(23)11-7-2-3-8-12-27(32)28-24(19-29)20-30/h2,4-7,9-10,14,16,21,24,29-30H,3,8,11-13,15,17-20H2,1H3,(H,28,32)/b7-2-,16-14+/t21-/m0/s1. The average Bonchev–Trinajstić information content (AvgIpc) is 3.16. The van der Waals surface area contributed by atoms with Crippen LogP contribution in [0.5, 0.6) is 0 Å². The summed E-state index contributed by atoms with van der Waals surface area (Å²) in [7, 11) is 0. The third-order valence-corrected chi connectivity index (χ3v) is 5.77. The predicted molar refractivity (Wildman–Crippen MR) is 128 cm³/mol. The van der Waals surface area contributed by atoms with Gasteiger partial charge in [-0.3, -0.25) is 9.59 Å².